The molecule has 2 aliphatic rings. The molecule has 4 rings (SSSR count). The summed E-state index contributed by atoms with van der Waals surface area (Å²) in [6.07, 6.45) is 4.37. The van der Waals surface area contributed by atoms with Crippen molar-refractivity contribution in [3.63, 3.8) is 0 Å². The number of hydrogen-bond donors (Lipinski definition) is 1. The Morgan fingerprint density at radius 1 is 1.35 bits per heavy atom. The molecule has 0 saturated carbocycles. The number of nitrogens with one attached hydrogen (secondary N) is 1. The smallest absolute Gasteiger partial charge is 0.160 e. The van der Waals surface area contributed by atoms with Gasteiger partial charge in [0.1, 0.15) is 11.3 Å². The van der Waals surface area contributed by atoms with Crippen molar-refractivity contribution < 1.29 is 0 Å². The third kappa shape index (κ3) is 2.88. The summed E-state index contributed by atoms with van der Waals surface area (Å²) < 4.78 is 2.42. The van der Waals surface area contributed by atoms with Gasteiger partial charge in [-0.25, -0.2) is 9.97 Å². The Bertz CT molecular complexity index is 671. The second-order valence-corrected chi connectivity index (χ2v) is 7.36. The number of aromatic nitrogens is 3. The number of fused-ring (bicyclic) bond motifs is 1. The minimum Gasteiger partial charge on any atom is -0.316 e. The molecule has 4 heterocycles. The first-order chi connectivity index (χ1) is 11.2. The lowest BCUT2D eigenvalue weighted by Crippen LogP contribution is -2.28. The molecule has 2 atom stereocenters. The van der Waals surface area contributed by atoms with E-state index in [9.17, 15) is 0 Å². The normalized spacial score (nSPS) is 25.9. The summed E-state index contributed by atoms with van der Waals surface area (Å²) in [4.78, 5) is 12.2. The van der Waals surface area contributed by atoms with Crippen molar-refractivity contribution in [3.8, 4) is 0 Å². The predicted molar refractivity (Wildman–Crippen MR) is 92.6 cm³/mol. The Hall–Kier alpha value is -1.46. The second kappa shape index (κ2) is 6.21. The SMILES string of the molecule is CC(C)N1CCC(c2nc3cccnc3n2CC2CCNC2)C1. The molecule has 2 aromatic rings. The predicted octanol–water partition coefficient (Wildman–Crippen LogP) is 2.24. The zero-order valence-electron chi connectivity index (χ0n) is 14.2. The highest BCUT2D eigenvalue weighted by Gasteiger charge is 2.30. The molecular weight excluding hydrogens is 286 g/mol. The highest BCUT2D eigenvalue weighted by Crippen LogP contribution is 2.30. The highest BCUT2D eigenvalue weighted by atomic mass is 15.2. The molecule has 2 fully saturated rings. The van der Waals surface area contributed by atoms with Crippen LogP contribution < -0.4 is 5.32 Å². The van der Waals surface area contributed by atoms with E-state index in [0.717, 1.165) is 37.3 Å². The van der Waals surface area contributed by atoms with Crippen molar-refractivity contribution in [2.24, 2.45) is 5.92 Å². The monoisotopic (exact) mass is 313 g/mol. The molecule has 0 radical (unpaired) electrons. The minimum atomic E-state index is 0.543. The van der Waals surface area contributed by atoms with Crippen LogP contribution in [0.3, 0.4) is 0 Å². The summed E-state index contributed by atoms with van der Waals surface area (Å²) in [5.41, 5.74) is 2.12. The van der Waals surface area contributed by atoms with Crippen molar-refractivity contribution >= 4 is 11.2 Å². The van der Waals surface area contributed by atoms with E-state index in [2.05, 4.69) is 39.7 Å². The van der Waals surface area contributed by atoms with Crippen molar-refractivity contribution in [3.05, 3.63) is 24.2 Å². The molecule has 0 aromatic carbocycles. The number of hydrogen-bond acceptors (Lipinski definition) is 4. The van der Waals surface area contributed by atoms with Crippen LogP contribution in [0.5, 0.6) is 0 Å². The van der Waals surface area contributed by atoms with E-state index in [1.807, 2.05) is 12.3 Å². The van der Waals surface area contributed by atoms with Gasteiger partial charge in [-0.3, -0.25) is 0 Å². The van der Waals surface area contributed by atoms with Crippen molar-refractivity contribution in [2.75, 3.05) is 26.2 Å². The van der Waals surface area contributed by atoms with Gasteiger partial charge in [-0.2, -0.15) is 0 Å². The zero-order chi connectivity index (χ0) is 15.8. The molecular formula is C18H27N5. The number of rotatable bonds is 4. The summed E-state index contributed by atoms with van der Waals surface area (Å²) >= 11 is 0. The maximum absolute atomic E-state index is 4.98. The van der Waals surface area contributed by atoms with Gasteiger partial charge < -0.3 is 14.8 Å². The number of imidazole rings is 1. The zero-order valence-corrected chi connectivity index (χ0v) is 14.2. The van der Waals surface area contributed by atoms with Crippen LogP contribution in [0, 0.1) is 5.92 Å². The van der Waals surface area contributed by atoms with Gasteiger partial charge in [-0.15, -0.1) is 0 Å². The Balaban J connectivity index is 1.67. The van der Waals surface area contributed by atoms with Gasteiger partial charge in [0.2, 0.25) is 0 Å². The molecule has 124 valence electrons. The van der Waals surface area contributed by atoms with E-state index in [-0.39, 0.29) is 0 Å². The molecule has 23 heavy (non-hydrogen) atoms. The molecule has 5 heteroatoms. The summed E-state index contributed by atoms with van der Waals surface area (Å²) in [5.74, 6) is 2.51. The summed E-state index contributed by atoms with van der Waals surface area (Å²) in [6, 6.07) is 4.72. The molecule has 0 spiro atoms. The maximum Gasteiger partial charge on any atom is 0.160 e. The second-order valence-electron chi connectivity index (χ2n) is 7.36. The summed E-state index contributed by atoms with van der Waals surface area (Å²) in [7, 11) is 0. The van der Waals surface area contributed by atoms with Gasteiger partial charge in [0.15, 0.2) is 5.65 Å². The van der Waals surface area contributed by atoms with Gasteiger partial charge in [0, 0.05) is 31.2 Å². The van der Waals surface area contributed by atoms with E-state index in [4.69, 9.17) is 4.98 Å². The van der Waals surface area contributed by atoms with Crippen molar-refractivity contribution in [1.29, 1.82) is 0 Å². The Morgan fingerprint density at radius 3 is 3.00 bits per heavy atom. The lowest BCUT2D eigenvalue weighted by Gasteiger charge is -2.21. The summed E-state index contributed by atoms with van der Waals surface area (Å²) in [5, 5.41) is 3.48. The first-order valence-electron chi connectivity index (χ1n) is 8.98. The molecule has 2 unspecified atom stereocenters. The van der Waals surface area contributed by atoms with Crippen LogP contribution in [0.4, 0.5) is 0 Å². The average Bonchev–Trinajstić information content (AvgIpc) is 3.27. The van der Waals surface area contributed by atoms with Crippen LogP contribution >= 0.6 is 0 Å². The van der Waals surface area contributed by atoms with Crippen LogP contribution in [-0.2, 0) is 6.54 Å². The standard InChI is InChI=1S/C18H27N5/c1-13(2)22-9-6-15(12-22)17-21-16-4-3-7-20-18(16)23(17)11-14-5-8-19-10-14/h3-4,7,13-15,19H,5-6,8-12H2,1-2H3. The fourth-order valence-corrected chi connectivity index (χ4v) is 4.06. The molecule has 2 aliphatic heterocycles. The van der Waals surface area contributed by atoms with Crippen LogP contribution in [0.25, 0.3) is 11.2 Å². The topological polar surface area (TPSA) is 46.0 Å². The van der Waals surface area contributed by atoms with Gasteiger partial charge in [0.05, 0.1) is 0 Å². The van der Waals surface area contributed by atoms with Crippen LogP contribution in [0.2, 0.25) is 0 Å². The fourth-order valence-electron chi connectivity index (χ4n) is 4.06. The van der Waals surface area contributed by atoms with E-state index in [1.54, 1.807) is 0 Å². The highest BCUT2D eigenvalue weighted by molar-refractivity contribution is 5.71. The van der Waals surface area contributed by atoms with E-state index in [1.165, 1.54) is 25.2 Å². The minimum absolute atomic E-state index is 0.543. The van der Waals surface area contributed by atoms with Crippen LogP contribution in [0.15, 0.2) is 18.3 Å². The Kier molecular flexibility index (Phi) is 4.07. The maximum atomic E-state index is 4.98. The molecule has 1 N–H and O–H groups in total. The third-order valence-corrected chi connectivity index (χ3v) is 5.45. The van der Waals surface area contributed by atoms with Crippen molar-refractivity contribution in [1.82, 2.24) is 24.8 Å². The molecule has 0 bridgehead atoms. The Morgan fingerprint density at radius 2 is 2.26 bits per heavy atom. The Labute approximate surface area is 138 Å². The quantitative estimate of drug-likeness (QED) is 0.940. The molecule has 2 saturated heterocycles. The van der Waals surface area contributed by atoms with Gasteiger partial charge in [-0.1, -0.05) is 0 Å². The first-order valence-corrected chi connectivity index (χ1v) is 8.98. The van der Waals surface area contributed by atoms with E-state index < -0.39 is 0 Å². The van der Waals surface area contributed by atoms with E-state index in [0.29, 0.717) is 17.9 Å². The largest absolute Gasteiger partial charge is 0.316 e. The summed E-state index contributed by atoms with van der Waals surface area (Å²) in [6.45, 7) is 10.2. The molecule has 2 aromatic heterocycles. The molecule has 5 nitrogen and oxygen atoms in total. The average molecular weight is 313 g/mol. The number of nitrogens with zero attached hydrogens (tertiary/aromatic N) is 4. The lowest BCUT2D eigenvalue weighted by atomic mass is 10.1. The lowest BCUT2D eigenvalue weighted by molar-refractivity contribution is 0.271. The molecule has 0 aliphatic carbocycles. The van der Waals surface area contributed by atoms with Gasteiger partial charge in [-0.05, 0) is 64.4 Å². The fraction of sp³-hybridized carbons (Fsp3) is 0.667. The van der Waals surface area contributed by atoms with Crippen LogP contribution in [0.1, 0.15) is 38.4 Å². The third-order valence-electron chi connectivity index (χ3n) is 5.45. The number of pyridine rings is 1. The molecule has 0 amide bonds. The first kappa shape index (κ1) is 15.1. The number of likely N-dealkylation sites (tertiary alicyclic amines) is 1. The van der Waals surface area contributed by atoms with E-state index >= 15 is 0 Å². The van der Waals surface area contributed by atoms with Crippen molar-refractivity contribution in [2.45, 2.75) is 45.2 Å². The van der Waals surface area contributed by atoms with Gasteiger partial charge >= 0.3 is 0 Å². The van der Waals surface area contributed by atoms with Gasteiger partial charge in [0.25, 0.3) is 0 Å². The van der Waals surface area contributed by atoms with Crippen LogP contribution in [-0.4, -0.2) is 51.7 Å².